The van der Waals surface area contributed by atoms with Gasteiger partial charge in [-0.05, 0) is 319 Å². The summed E-state index contributed by atoms with van der Waals surface area (Å²) in [5, 5.41) is 9.33. The van der Waals surface area contributed by atoms with Gasteiger partial charge < -0.3 is 46.6 Å². The number of nitrogens with two attached hydrogens (primary N) is 4. The van der Waals surface area contributed by atoms with Crippen molar-refractivity contribution < 1.29 is 51.6 Å². The minimum absolute atomic E-state index is 0.0173. The lowest BCUT2D eigenvalue weighted by Gasteiger charge is -2.45. The van der Waals surface area contributed by atoms with Crippen LogP contribution in [0.2, 0.25) is 0 Å². The number of ether oxygens (including phenoxy) is 5. The molecule has 4 aliphatic heterocycles. The highest BCUT2D eigenvalue weighted by Gasteiger charge is 2.72. The second-order valence-corrected chi connectivity index (χ2v) is 43.9. The van der Waals surface area contributed by atoms with Crippen LogP contribution in [0.5, 0.6) is 0 Å². The number of amides is 4. The molecule has 8 fully saturated rings. The summed E-state index contributed by atoms with van der Waals surface area (Å²) in [4.78, 5) is 84.3. The van der Waals surface area contributed by atoms with E-state index in [1.807, 2.05) is 31.2 Å². The van der Waals surface area contributed by atoms with Gasteiger partial charge in [-0.1, -0.05) is 167 Å². The Balaban J connectivity index is 0.000000114. The quantitative estimate of drug-likeness (QED) is 0.0414. The first-order chi connectivity index (χ1) is 66.8. The molecule has 22 nitrogen and oxygen atoms in total. The lowest BCUT2D eigenvalue weighted by molar-refractivity contribution is -0.140. The van der Waals surface area contributed by atoms with Crippen LogP contribution in [-0.2, 0) is 136 Å². The number of nitriles is 1. The van der Waals surface area contributed by atoms with Gasteiger partial charge in [-0.3, -0.25) is 38.8 Å². The van der Waals surface area contributed by atoms with Gasteiger partial charge in [-0.2, -0.15) is 5.26 Å². The third kappa shape index (κ3) is 17.1. The van der Waals surface area contributed by atoms with Gasteiger partial charge in [0.1, 0.15) is 11.6 Å². The molecular weight excluding hydrogens is 1730 g/mol. The van der Waals surface area contributed by atoms with E-state index in [-0.39, 0.29) is 118 Å². The van der Waals surface area contributed by atoms with E-state index in [9.17, 15) is 33.2 Å². The standard InChI is InChI=1S/C30H34N4O2.2C29H34FN3O2.C26H37N3O3/c1-36-25-11-13-29(14-12-25)17-24-10-9-21(8-7-20-5-6-20)16-26(24)30(29)27(35)34(28(32)33-30)19-23-4-2-3-22(15-23)18-31;1-35-24-11-13-28(14-12-24)17-22-10-9-20(8-7-19-5-6-19)16-25(22)29(28)26(34)33(27(31)32-29)18-21-3-2-4-23(30)15-21;1-35-23-12-14-28(15-13-23)17-21-11-10-20(9-8-19-6-7-19)16-24(21)29(28)26(34)33(27(31)32-29)18-22-4-2-3-5-25(22)30;1-17(16-31-2)29-23(30)26(28-24(29)27)22-14-19(7-6-18-4-5-18)8-9-20(22)15-25(26)12-10-21(32-3)11-13-25/h2-4,9-10,15-16,20,25H,5-8,11-14,17,19H2,1H3,(H2,32,33);2-4,9-10,15-16,19,24H,5-8,11-14,17-18H2,1H3,(H2,31,32);2-5,10-11,16,19,23H,6-9,12-15,17-18H2,1H3,(H2,31,32);8-9,14,17-18,21H,4-7,10-13,15-16H2,1-3H3,(H2,27,28)/t;;;17?,21?,25?,26-/m...0/s1. The van der Waals surface area contributed by atoms with E-state index >= 15 is 0 Å². The Morgan fingerprint density at radius 1 is 0.377 bits per heavy atom. The predicted molar refractivity (Wildman–Crippen MR) is 529 cm³/mol. The number of fused-ring (bicyclic) bond motifs is 12. The minimum Gasteiger partial charge on any atom is -0.383 e. The topological polar surface area (TPSA) is 305 Å². The van der Waals surface area contributed by atoms with Crippen LogP contribution < -0.4 is 22.9 Å². The van der Waals surface area contributed by atoms with E-state index < -0.39 is 22.2 Å². The number of benzene rings is 7. The molecule has 24 heteroatoms. The Bertz CT molecular complexity index is 5980. The van der Waals surface area contributed by atoms with Crippen LogP contribution >= 0.6 is 0 Å². The lowest BCUT2D eigenvalue weighted by Crippen LogP contribution is -2.54. The Kier molecular flexibility index (Phi) is 26.3. The van der Waals surface area contributed by atoms with Gasteiger partial charge >= 0.3 is 0 Å². The molecule has 0 bridgehead atoms. The smallest absolute Gasteiger partial charge is 0.262 e. The summed E-state index contributed by atoms with van der Waals surface area (Å²) in [7, 11) is 8.76. The number of aryl methyl sites for hydroxylation is 4. The molecule has 4 amide bonds. The summed E-state index contributed by atoms with van der Waals surface area (Å²) in [5.74, 6) is 3.72. The SMILES string of the molecule is COC1CCC2(CC1)Cc1ccc(CCC3CC3)cc1C21N=C(N)N(Cc2cccc(C#N)c2)C1=O.COC1CCC2(CC1)Cc1ccc(CCC3CC3)cc1C21N=C(N)N(Cc2cccc(F)c2)C1=O.COC1CCC2(CC1)Cc1ccc(CCC3CC3)cc1C21N=C(N)N(Cc2ccccc2F)C1=O.COCC(C)N1C(=O)[C@@]2(N=C1N)c1cc(CCC3CC3)ccc1CC21CCC(OC)CC1. The monoisotopic (exact) mass is 1870 g/mol. The van der Waals surface area contributed by atoms with Crippen molar-refractivity contribution in [3.8, 4) is 6.07 Å². The highest BCUT2D eigenvalue weighted by molar-refractivity contribution is 6.11. The normalized spacial score (nSPS) is 30.2. The fourth-order valence-electron chi connectivity index (χ4n) is 27.1. The van der Waals surface area contributed by atoms with Crippen molar-refractivity contribution in [2.75, 3.05) is 42.2 Å². The van der Waals surface area contributed by atoms with Gasteiger partial charge in [-0.15, -0.1) is 0 Å². The van der Waals surface area contributed by atoms with Crippen molar-refractivity contribution in [3.63, 3.8) is 0 Å². The Labute approximate surface area is 812 Å². The van der Waals surface area contributed by atoms with Crippen molar-refractivity contribution in [2.24, 2.45) is 88.2 Å². The van der Waals surface area contributed by atoms with Crippen molar-refractivity contribution in [1.82, 2.24) is 19.6 Å². The van der Waals surface area contributed by atoms with Crippen molar-refractivity contribution in [2.45, 2.75) is 310 Å². The average molecular weight is 1870 g/mol. The summed E-state index contributed by atoms with van der Waals surface area (Å²) >= 11 is 0. The summed E-state index contributed by atoms with van der Waals surface area (Å²) in [6, 6.07) is 49.3. The number of halogens is 2. The molecule has 8 N–H and O–H groups in total. The van der Waals surface area contributed by atoms with E-state index in [0.717, 1.165) is 206 Å². The van der Waals surface area contributed by atoms with Gasteiger partial charge in [0.15, 0.2) is 46.0 Å². The molecule has 138 heavy (non-hydrogen) atoms. The highest BCUT2D eigenvalue weighted by Crippen LogP contribution is 2.68. The van der Waals surface area contributed by atoms with Gasteiger partial charge in [0.25, 0.3) is 23.6 Å². The maximum atomic E-state index is 14.5. The summed E-state index contributed by atoms with van der Waals surface area (Å²) in [6.45, 7) is 3.06. The molecule has 4 unspecified atom stereocenters. The third-order valence-corrected chi connectivity index (χ3v) is 35.6. The van der Waals surface area contributed by atoms with Gasteiger partial charge in [0, 0.05) is 62.8 Å². The molecule has 0 aromatic heterocycles. The Morgan fingerprint density at radius 3 is 1.01 bits per heavy atom. The zero-order chi connectivity index (χ0) is 95.8. The van der Waals surface area contributed by atoms with Crippen LogP contribution in [0.25, 0.3) is 0 Å². The average Bonchev–Trinajstić information content (AvgIpc) is 1.54. The molecule has 5 atom stereocenters. The van der Waals surface area contributed by atoms with E-state index in [4.69, 9.17) is 66.6 Å². The molecule has 0 saturated heterocycles. The first-order valence-electron chi connectivity index (χ1n) is 51.6. The van der Waals surface area contributed by atoms with Crippen LogP contribution in [0.1, 0.15) is 276 Å². The molecule has 8 spiro atoms. The molecule has 4 heterocycles. The first-order valence-corrected chi connectivity index (χ1v) is 51.6. The number of methoxy groups -OCH3 is 5. The van der Waals surface area contributed by atoms with E-state index in [1.165, 1.54) is 145 Å². The summed E-state index contributed by atoms with van der Waals surface area (Å²) in [5.41, 5.74) is 37.8. The number of rotatable bonds is 25. The molecule has 16 aliphatic rings. The third-order valence-electron chi connectivity index (χ3n) is 35.6. The lowest BCUT2D eigenvalue weighted by atomic mass is 9.61. The number of carbonyl (C=O) groups excluding carboxylic acids is 4. The molecular formula is C114H139F2N13O9. The van der Waals surface area contributed by atoms with Crippen molar-refractivity contribution in [3.05, 3.63) is 246 Å². The van der Waals surface area contributed by atoms with Crippen molar-refractivity contribution >= 4 is 47.5 Å². The molecule has 7 aromatic carbocycles. The van der Waals surface area contributed by atoms with Crippen molar-refractivity contribution in [1.29, 1.82) is 5.26 Å². The maximum absolute atomic E-state index is 14.5. The fourth-order valence-corrected chi connectivity index (χ4v) is 27.1. The van der Waals surface area contributed by atoms with Gasteiger partial charge in [0.05, 0.1) is 68.3 Å². The summed E-state index contributed by atoms with van der Waals surface area (Å²) < 4.78 is 56.4. The molecule has 0 radical (unpaired) electrons. The van der Waals surface area contributed by atoms with Crippen LogP contribution in [0.3, 0.4) is 0 Å². The Hall–Kier alpha value is -10.6. The number of hydrogen-bond donors (Lipinski definition) is 4. The Morgan fingerprint density at radius 2 is 0.696 bits per heavy atom. The largest absolute Gasteiger partial charge is 0.383 e. The van der Waals surface area contributed by atoms with E-state index in [2.05, 4.69) is 78.9 Å². The zero-order valence-corrected chi connectivity index (χ0v) is 81.6. The second kappa shape index (κ2) is 38.1. The number of guanidine groups is 4. The van der Waals surface area contributed by atoms with Gasteiger partial charge in [-0.25, -0.2) is 28.8 Å². The first kappa shape index (κ1) is 95.0. The maximum Gasteiger partial charge on any atom is 0.262 e. The molecule has 23 rings (SSSR count). The number of carbonyl (C=O) groups is 4. The highest BCUT2D eigenvalue weighted by atomic mass is 19.1. The molecule has 728 valence electrons. The van der Waals surface area contributed by atoms with Crippen LogP contribution in [0.4, 0.5) is 8.78 Å². The fraction of sp³-hybridized carbons (Fsp3) is 0.553. The number of nitrogens with zero attached hydrogens (tertiary/aromatic N) is 9. The zero-order valence-electron chi connectivity index (χ0n) is 81.6. The summed E-state index contributed by atoms with van der Waals surface area (Å²) in [6.07, 6.45) is 38.6. The van der Waals surface area contributed by atoms with Crippen LogP contribution in [-0.4, -0.2) is 140 Å². The number of aliphatic imine (C=N–C) groups is 4. The molecule has 8 saturated carbocycles. The molecule has 7 aromatic rings. The minimum atomic E-state index is -1.04. The second-order valence-electron chi connectivity index (χ2n) is 43.9. The predicted octanol–water partition coefficient (Wildman–Crippen LogP) is 17.8. The molecule has 12 aliphatic carbocycles. The van der Waals surface area contributed by atoms with Gasteiger partial charge in [0.2, 0.25) is 0 Å². The van der Waals surface area contributed by atoms with E-state index in [1.54, 1.807) is 80.6 Å². The number of hydrogen-bond acceptors (Lipinski definition) is 18. The van der Waals surface area contributed by atoms with Crippen LogP contribution in [0.15, 0.2) is 166 Å². The van der Waals surface area contributed by atoms with Crippen LogP contribution in [0, 0.1) is 68.3 Å². The van der Waals surface area contributed by atoms with E-state index in [0.29, 0.717) is 35.8 Å².